The van der Waals surface area contributed by atoms with Crippen LogP contribution in [-0.2, 0) is 9.59 Å². The fraction of sp³-hybridized carbons (Fsp3) is 0.958. The standard InChI is InChI=1S/C48H96N2O2/c1-3-5-7-9-11-13-15-17-19-21-23-25-27-29-31-33-35-37-39-41-43-47(51)49-45-46-50-48(52)44-42-40-38-36-34-32-30-28-26-24-22-20-18-16-14-12-10-8-6-4-2/h3-46H2,1-2H3,(H,49,51)(H,50,52). The lowest BCUT2D eigenvalue weighted by molar-refractivity contribution is -0.123. The molecule has 0 aliphatic carbocycles. The van der Waals surface area contributed by atoms with E-state index in [4.69, 9.17) is 0 Å². The Bertz CT molecular complexity index is 638. The van der Waals surface area contributed by atoms with Crippen molar-refractivity contribution in [1.82, 2.24) is 10.6 Å². The number of amides is 2. The number of unbranched alkanes of at least 4 members (excludes halogenated alkanes) is 38. The van der Waals surface area contributed by atoms with Crippen LogP contribution in [0.4, 0.5) is 0 Å². The van der Waals surface area contributed by atoms with Crippen LogP contribution in [0.1, 0.15) is 284 Å². The van der Waals surface area contributed by atoms with Gasteiger partial charge in [0.05, 0.1) is 0 Å². The van der Waals surface area contributed by atoms with Gasteiger partial charge in [0, 0.05) is 25.9 Å². The Kier molecular flexibility index (Phi) is 45.2. The summed E-state index contributed by atoms with van der Waals surface area (Å²) in [5.41, 5.74) is 0. The SMILES string of the molecule is CCCCCCCCCCCCCCCCCCCCCCC(=O)NCCNC(=O)CCCCCCCCCCCCCCCCCCCCCC. The lowest BCUT2D eigenvalue weighted by Gasteiger charge is -2.07. The highest BCUT2D eigenvalue weighted by Crippen LogP contribution is 2.17. The number of nitrogens with one attached hydrogen (secondary N) is 2. The largest absolute Gasteiger partial charge is 0.354 e. The fourth-order valence-corrected chi connectivity index (χ4v) is 7.66. The maximum absolute atomic E-state index is 12.1. The number of hydrogen-bond acceptors (Lipinski definition) is 2. The summed E-state index contributed by atoms with van der Waals surface area (Å²) in [4.78, 5) is 24.2. The summed E-state index contributed by atoms with van der Waals surface area (Å²) in [6.07, 6.45) is 56.2. The monoisotopic (exact) mass is 733 g/mol. The number of hydrogen-bond donors (Lipinski definition) is 2. The first kappa shape index (κ1) is 50.9. The normalized spacial score (nSPS) is 11.3. The molecule has 0 aliphatic heterocycles. The third kappa shape index (κ3) is 45.1. The average molecular weight is 733 g/mol. The summed E-state index contributed by atoms with van der Waals surface area (Å²) >= 11 is 0. The molecule has 2 amide bonds. The van der Waals surface area contributed by atoms with Crippen molar-refractivity contribution in [3.63, 3.8) is 0 Å². The van der Waals surface area contributed by atoms with Crippen molar-refractivity contribution in [3.05, 3.63) is 0 Å². The minimum Gasteiger partial charge on any atom is -0.354 e. The fourth-order valence-electron chi connectivity index (χ4n) is 7.66. The molecule has 0 atom stereocenters. The molecular weight excluding hydrogens is 637 g/mol. The van der Waals surface area contributed by atoms with Crippen LogP contribution in [0.15, 0.2) is 0 Å². The van der Waals surface area contributed by atoms with Gasteiger partial charge in [-0.3, -0.25) is 9.59 Å². The first-order valence-corrected chi connectivity index (χ1v) is 24.2. The highest BCUT2D eigenvalue weighted by Gasteiger charge is 2.04. The van der Waals surface area contributed by atoms with Gasteiger partial charge in [-0.25, -0.2) is 0 Å². The van der Waals surface area contributed by atoms with Gasteiger partial charge in [0.25, 0.3) is 0 Å². The molecule has 0 radical (unpaired) electrons. The van der Waals surface area contributed by atoms with E-state index in [2.05, 4.69) is 24.5 Å². The molecule has 0 rings (SSSR count). The molecule has 0 heterocycles. The summed E-state index contributed by atoms with van der Waals surface area (Å²) in [6.45, 7) is 5.68. The van der Waals surface area contributed by atoms with Crippen molar-refractivity contribution in [1.29, 1.82) is 0 Å². The Morgan fingerprint density at radius 3 is 0.577 bits per heavy atom. The molecule has 0 saturated carbocycles. The molecule has 2 N–H and O–H groups in total. The number of carbonyl (C=O) groups is 2. The zero-order valence-electron chi connectivity index (χ0n) is 35.9. The number of rotatable bonds is 45. The van der Waals surface area contributed by atoms with E-state index in [0.29, 0.717) is 25.9 Å². The van der Waals surface area contributed by atoms with Crippen molar-refractivity contribution in [2.75, 3.05) is 13.1 Å². The molecular formula is C48H96N2O2. The van der Waals surface area contributed by atoms with Crippen molar-refractivity contribution in [2.45, 2.75) is 284 Å². The Morgan fingerprint density at radius 2 is 0.404 bits per heavy atom. The Hall–Kier alpha value is -1.06. The molecule has 0 aromatic heterocycles. The van der Waals surface area contributed by atoms with Gasteiger partial charge in [0.1, 0.15) is 0 Å². The molecule has 0 unspecified atom stereocenters. The molecule has 4 nitrogen and oxygen atoms in total. The predicted octanol–water partition coefficient (Wildman–Crippen LogP) is 15.6. The van der Waals surface area contributed by atoms with E-state index in [1.807, 2.05) is 0 Å². The zero-order valence-corrected chi connectivity index (χ0v) is 35.9. The molecule has 0 aromatic carbocycles. The third-order valence-corrected chi connectivity index (χ3v) is 11.3. The summed E-state index contributed by atoms with van der Waals surface area (Å²) in [7, 11) is 0. The summed E-state index contributed by atoms with van der Waals surface area (Å²) < 4.78 is 0. The van der Waals surface area contributed by atoms with Gasteiger partial charge in [-0.2, -0.15) is 0 Å². The quantitative estimate of drug-likeness (QED) is 0.0613. The van der Waals surface area contributed by atoms with Crippen LogP contribution in [0.2, 0.25) is 0 Å². The van der Waals surface area contributed by atoms with E-state index in [-0.39, 0.29) is 11.8 Å². The lowest BCUT2D eigenvalue weighted by atomic mass is 10.0. The van der Waals surface area contributed by atoms with Crippen LogP contribution in [0.25, 0.3) is 0 Å². The van der Waals surface area contributed by atoms with Crippen LogP contribution in [-0.4, -0.2) is 24.9 Å². The second kappa shape index (κ2) is 46.1. The third-order valence-electron chi connectivity index (χ3n) is 11.3. The molecule has 0 aromatic rings. The molecule has 0 saturated heterocycles. The van der Waals surface area contributed by atoms with Gasteiger partial charge in [-0.1, -0.05) is 258 Å². The molecule has 4 heteroatoms. The van der Waals surface area contributed by atoms with Gasteiger partial charge in [-0.05, 0) is 12.8 Å². The van der Waals surface area contributed by atoms with Crippen LogP contribution < -0.4 is 10.6 Å². The lowest BCUT2D eigenvalue weighted by Crippen LogP contribution is -2.34. The van der Waals surface area contributed by atoms with Gasteiger partial charge >= 0.3 is 0 Å². The summed E-state index contributed by atoms with van der Waals surface area (Å²) in [5.74, 6) is 0.261. The minimum atomic E-state index is 0.130. The highest BCUT2D eigenvalue weighted by molar-refractivity contribution is 5.77. The Morgan fingerprint density at radius 1 is 0.250 bits per heavy atom. The first-order chi connectivity index (χ1) is 25.7. The molecule has 0 fully saturated rings. The predicted molar refractivity (Wildman–Crippen MR) is 231 cm³/mol. The molecule has 310 valence electrons. The van der Waals surface area contributed by atoms with Crippen molar-refractivity contribution in [3.8, 4) is 0 Å². The Balaban J connectivity index is 3.24. The van der Waals surface area contributed by atoms with E-state index < -0.39 is 0 Å². The zero-order chi connectivity index (χ0) is 37.7. The smallest absolute Gasteiger partial charge is 0.220 e. The van der Waals surface area contributed by atoms with E-state index in [0.717, 1.165) is 25.7 Å². The van der Waals surface area contributed by atoms with Crippen molar-refractivity contribution >= 4 is 11.8 Å². The molecule has 0 aliphatic rings. The van der Waals surface area contributed by atoms with Crippen molar-refractivity contribution in [2.24, 2.45) is 0 Å². The topological polar surface area (TPSA) is 58.2 Å². The summed E-state index contributed by atoms with van der Waals surface area (Å²) in [5, 5.41) is 5.95. The van der Waals surface area contributed by atoms with Gasteiger partial charge < -0.3 is 10.6 Å². The average Bonchev–Trinajstić information content (AvgIpc) is 3.15. The maximum atomic E-state index is 12.1. The second-order valence-corrected chi connectivity index (χ2v) is 16.6. The molecule has 0 bridgehead atoms. The van der Waals surface area contributed by atoms with Crippen LogP contribution in [0.3, 0.4) is 0 Å². The minimum absolute atomic E-state index is 0.130. The van der Waals surface area contributed by atoms with E-state index >= 15 is 0 Å². The van der Waals surface area contributed by atoms with Crippen LogP contribution in [0, 0.1) is 0 Å². The van der Waals surface area contributed by atoms with Gasteiger partial charge in [0.2, 0.25) is 11.8 Å². The highest BCUT2D eigenvalue weighted by atomic mass is 16.2. The first-order valence-electron chi connectivity index (χ1n) is 24.2. The molecule has 52 heavy (non-hydrogen) atoms. The van der Waals surface area contributed by atoms with Crippen molar-refractivity contribution < 1.29 is 9.59 Å². The molecule has 0 spiro atoms. The second-order valence-electron chi connectivity index (χ2n) is 16.6. The van der Waals surface area contributed by atoms with Gasteiger partial charge in [0.15, 0.2) is 0 Å². The van der Waals surface area contributed by atoms with Crippen LogP contribution in [0.5, 0.6) is 0 Å². The maximum Gasteiger partial charge on any atom is 0.220 e. The van der Waals surface area contributed by atoms with E-state index in [1.54, 1.807) is 0 Å². The summed E-state index contributed by atoms with van der Waals surface area (Å²) in [6, 6.07) is 0. The number of carbonyl (C=O) groups excluding carboxylic acids is 2. The van der Waals surface area contributed by atoms with E-state index in [1.165, 1.54) is 231 Å². The Labute approximate surface area is 327 Å². The van der Waals surface area contributed by atoms with Crippen LogP contribution >= 0.6 is 0 Å². The van der Waals surface area contributed by atoms with Gasteiger partial charge in [-0.15, -0.1) is 0 Å². The van der Waals surface area contributed by atoms with E-state index in [9.17, 15) is 9.59 Å².